The molecule has 2 unspecified atom stereocenters. The number of carboxylic acid groups (broad SMARTS) is 1. The molecule has 1 aliphatic rings. The summed E-state index contributed by atoms with van der Waals surface area (Å²) < 4.78 is 4.73. The lowest BCUT2D eigenvalue weighted by atomic mass is 9.90. The Balaban J connectivity index is 2.52. The number of nitrogens with one attached hydrogen (secondary N) is 1. The van der Waals surface area contributed by atoms with Gasteiger partial charge in [0.1, 0.15) is 6.61 Å². The first-order chi connectivity index (χ1) is 7.65. The predicted molar refractivity (Wildman–Crippen MR) is 58.0 cm³/mol. The van der Waals surface area contributed by atoms with Crippen molar-refractivity contribution in [3.63, 3.8) is 0 Å². The van der Waals surface area contributed by atoms with Crippen LogP contribution in [-0.2, 0) is 9.53 Å². The summed E-state index contributed by atoms with van der Waals surface area (Å²) in [4.78, 5) is 22.1. The largest absolute Gasteiger partial charge is 0.481 e. The van der Waals surface area contributed by atoms with Gasteiger partial charge in [0.25, 0.3) is 0 Å². The van der Waals surface area contributed by atoms with E-state index in [1.165, 1.54) is 6.08 Å². The van der Waals surface area contributed by atoms with Crippen LogP contribution in [0.3, 0.4) is 0 Å². The Labute approximate surface area is 93.8 Å². The van der Waals surface area contributed by atoms with Crippen molar-refractivity contribution in [2.24, 2.45) is 5.92 Å². The molecule has 2 atom stereocenters. The van der Waals surface area contributed by atoms with Crippen LogP contribution in [0.2, 0.25) is 0 Å². The molecule has 0 saturated heterocycles. The molecule has 0 bridgehead atoms. The smallest absolute Gasteiger partial charge is 0.407 e. The lowest BCUT2D eigenvalue weighted by Gasteiger charge is -2.24. The molecule has 5 heteroatoms. The Bertz CT molecular complexity index is 311. The number of carbonyl (C=O) groups excluding carboxylic acids is 1. The van der Waals surface area contributed by atoms with E-state index >= 15 is 0 Å². The fourth-order valence-electron chi connectivity index (χ4n) is 1.57. The van der Waals surface area contributed by atoms with Crippen LogP contribution in [0.5, 0.6) is 0 Å². The van der Waals surface area contributed by atoms with E-state index in [0.717, 1.165) is 6.42 Å². The average molecular weight is 225 g/mol. The molecule has 1 aliphatic carbocycles. The fraction of sp³-hybridized carbons (Fsp3) is 0.455. The second-order valence-electron chi connectivity index (χ2n) is 3.51. The summed E-state index contributed by atoms with van der Waals surface area (Å²) in [5, 5.41) is 11.5. The summed E-state index contributed by atoms with van der Waals surface area (Å²) >= 11 is 0. The Kier molecular flexibility index (Phi) is 4.57. The first kappa shape index (κ1) is 12.3. The summed E-state index contributed by atoms with van der Waals surface area (Å²) in [6, 6.07) is -0.497. The molecule has 0 fully saturated rings. The minimum Gasteiger partial charge on any atom is -0.481 e. The zero-order chi connectivity index (χ0) is 12.0. The molecule has 5 nitrogen and oxygen atoms in total. The lowest BCUT2D eigenvalue weighted by Crippen LogP contribution is -2.43. The molecule has 16 heavy (non-hydrogen) atoms. The molecule has 0 spiro atoms. The summed E-state index contributed by atoms with van der Waals surface area (Å²) in [6.45, 7) is 3.52. The van der Waals surface area contributed by atoms with Gasteiger partial charge in [0.2, 0.25) is 0 Å². The van der Waals surface area contributed by atoms with Crippen LogP contribution in [-0.4, -0.2) is 29.8 Å². The maximum absolute atomic E-state index is 11.2. The van der Waals surface area contributed by atoms with Crippen LogP contribution in [0.25, 0.3) is 0 Å². The maximum Gasteiger partial charge on any atom is 0.407 e. The highest BCUT2D eigenvalue weighted by Gasteiger charge is 2.29. The van der Waals surface area contributed by atoms with Crippen molar-refractivity contribution in [2.75, 3.05) is 6.61 Å². The molecular weight excluding hydrogens is 210 g/mol. The first-order valence-electron chi connectivity index (χ1n) is 5.08. The zero-order valence-corrected chi connectivity index (χ0v) is 8.89. The van der Waals surface area contributed by atoms with Crippen molar-refractivity contribution in [3.05, 3.63) is 24.8 Å². The average Bonchev–Trinajstić information content (AvgIpc) is 2.27. The number of allylic oxidation sites excluding steroid dienone is 1. The highest BCUT2D eigenvalue weighted by molar-refractivity contribution is 5.74. The number of aliphatic carboxylic acids is 1. The van der Waals surface area contributed by atoms with Crippen molar-refractivity contribution >= 4 is 12.1 Å². The monoisotopic (exact) mass is 225 g/mol. The van der Waals surface area contributed by atoms with Crippen LogP contribution >= 0.6 is 0 Å². The van der Waals surface area contributed by atoms with Crippen LogP contribution < -0.4 is 5.32 Å². The van der Waals surface area contributed by atoms with Crippen molar-refractivity contribution < 1.29 is 19.4 Å². The number of carbonyl (C=O) groups is 2. The number of rotatable bonds is 4. The van der Waals surface area contributed by atoms with Gasteiger partial charge in [-0.05, 0) is 12.8 Å². The quantitative estimate of drug-likeness (QED) is 0.707. The molecule has 0 aliphatic heterocycles. The van der Waals surface area contributed by atoms with Gasteiger partial charge in [0.05, 0.1) is 12.0 Å². The normalized spacial score (nSPS) is 23.5. The number of ether oxygens (including phenoxy) is 1. The molecule has 88 valence electrons. The predicted octanol–water partition coefficient (Wildman–Crippen LogP) is 1.32. The van der Waals surface area contributed by atoms with Gasteiger partial charge in [-0.1, -0.05) is 24.8 Å². The second-order valence-corrected chi connectivity index (χ2v) is 3.51. The SMILES string of the molecule is C=CCOC(=O)NC1C=CCCC1C(=O)O. The van der Waals surface area contributed by atoms with E-state index in [-0.39, 0.29) is 6.61 Å². The minimum absolute atomic E-state index is 0.111. The zero-order valence-electron chi connectivity index (χ0n) is 8.89. The van der Waals surface area contributed by atoms with Gasteiger partial charge in [-0.25, -0.2) is 4.79 Å². The lowest BCUT2D eigenvalue weighted by molar-refractivity contribution is -0.142. The fourth-order valence-corrected chi connectivity index (χ4v) is 1.57. The van der Waals surface area contributed by atoms with E-state index in [1.54, 1.807) is 6.08 Å². The van der Waals surface area contributed by atoms with E-state index < -0.39 is 24.0 Å². The molecule has 0 saturated carbocycles. The Hall–Kier alpha value is -1.78. The molecule has 0 heterocycles. The molecule has 1 amide bonds. The highest BCUT2D eigenvalue weighted by Crippen LogP contribution is 2.19. The van der Waals surface area contributed by atoms with Crippen LogP contribution in [0.15, 0.2) is 24.8 Å². The van der Waals surface area contributed by atoms with Crippen molar-refractivity contribution in [1.82, 2.24) is 5.32 Å². The molecule has 2 N–H and O–H groups in total. The topological polar surface area (TPSA) is 75.6 Å². The Morgan fingerprint density at radius 2 is 2.38 bits per heavy atom. The van der Waals surface area contributed by atoms with Gasteiger partial charge in [-0.15, -0.1) is 0 Å². The van der Waals surface area contributed by atoms with Gasteiger partial charge in [-0.3, -0.25) is 4.79 Å². The Morgan fingerprint density at radius 1 is 1.62 bits per heavy atom. The van der Waals surface area contributed by atoms with Crippen molar-refractivity contribution in [3.8, 4) is 0 Å². The summed E-state index contributed by atoms with van der Waals surface area (Å²) in [6.07, 6.45) is 5.62. The van der Waals surface area contributed by atoms with Gasteiger partial charge in [0.15, 0.2) is 0 Å². The maximum atomic E-state index is 11.2. The molecule has 0 aromatic heterocycles. The Morgan fingerprint density at radius 3 is 3.00 bits per heavy atom. The third kappa shape index (κ3) is 3.42. The van der Waals surface area contributed by atoms with E-state index in [9.17, 15) is 9.59 Å². The third-order valence-corrected chi connectivity index (χ3v) is 2.36. The van der Waals surface area contributed by atoms with E-state index in [0.29, 0.717) is 6.42 Å². The van der Waals surface area contributed by atoms with Crippen molar-refractivity contribution in [1.29, 1.82) is 0 Å². The van der Waals surface area contributed by atoms with Crippen LogP contribution in [0.1, 0.15) is 12.8 Å². The molecule has 0 radical (unpaired) electrons. The third-order valence-electron chi connectivity index (χ3n) is 2.36. The summed E-state index contributed by atoms with van der Waals surface area (Å²) in [5.74, 6) is -1.49. The van der Waals surface area contributed by atoms with Gasteiger partial charge in [-0.2, -0.15) is 0 Å². The highest BCUT2D eigenvalue weighted by atomic mass is 16.5. The number of hydrogen-bond donors (Lipinski definition) is 2. The van der Waals surface area contributed by atoms with Gasteiger partial charge >= 0.3 is 12.1 Å². The summed E-state index contributed by atoms with van der Waals surface area (Å²) in [7, 11) is 0. The summed E-state index contributed by atoms with van der Waals surface area (Å²) in [5.41, 5.74) is 0. The number of amides is 1. The molecule has 0 aromatic rings. The standard InChI is InChI=1S/C11H15NO4/c1-2-7-16-11(15)12-9-6-4-3-5-8(9)10(13)14/h2,4,6,8-9H,1,3,5,7H2,(H,12,15)(H,13,14). The van der Waals surface area contributed by atoms with E-state index in [2.05, 4.69) is 11.9 Å². The van der Waals surface area contributed by atoms with Gasteiger partial charge in [0, 0.05) is 0 Å². The van der Waals surface area contributed by atoms with E-state index in [4.69, 9.17) is 9.84 Å². The van der Waals surface area contributed by atoms with Crippen LogP contribution in [0.4, 0.5) is 4.79 Å². The number of carboxylic acids is 1. The van der Waals surface area contributed by atoms with Crippen LogP contribution in [0, 0.1) is 5.92 Å². The molecule has 0 aromatic carbocycles. The van der Waals surface area contributed by atoms with Gasteiger partial charge < -0.3 is 15.2 Å². The molecular formula is C11H15NO4. The molecule has 1 rings (SSSR count). The first-order valence-corrected chi connectivity index (χ1v) is 5.08. The number of alkyl carbamates (subject to hydrolysis) is 1. The minimum atomic E-state index is -0.904. The van der Waals surface area contributed by atoms with E-state index in [1.807, 2.05) is 6.08 Å². The second kappa shape index (κ2) is 5.95. The van der Waals surface area contributed by atoms with Crippen molar-refractivity contribution in [2.45, 2.75) is 18.9 Å². The number of hydrogen-bond acceptors (Lipinski definition) is 3.